The number of carbonyl (C=O) groups is 1. The molecule has 118 valence electrons. The van der Waals surface area contributed by atoms with Crippen molar-refractivity contribution in [1.82, 2.24) is 0 Å². The van der Waals surface area contributed by atoms with Crippen LogP contribution in [-0.4, -0.2) is 19.4 Å². The quantitative estimate of drug-likeness (QED) is 0.686. The zero-order valence-corrected chi connectivity index (χ0v) is 14.6. The van der Waals surface area contributed by atoms with Gasteiger partial charge in [-0.25, -0.2) is 0 Å². The number of methoxy groups -OCH3 is 1. The third-order valence-corrected chi connectivity index (χ3v) is 4.52. The highest BCUT2D eigenvalue weighted by molar-refractivity contribution is 9.10. The second-order valence-corrected chi connectivity index (χ2v) is 6.30. The van der Waals surface area contributed by atoms with Gasteiger partial charge in [0.2, 0.25) is 0 Å². The molecule has 0 radical (unpaired) electrons. The summed E-state index contributed by atoms with van der Waals surface area (Å²) in [5.74, 6) is 1.65. The maximum atomic E-state index is 12.2. The van der Waals surface area contributed by atoms with E-state index in [0.717, 1.165) is 41.5 Å². The lowest BCUT2D eigenvalue weighted by atomic mass is 9.92. The third-order valence-electron chi connectivity index (χ3n) is 3.74. The van der Waals surface area contributed by atoms with Crippen LogP contribution in [0.5, 0.6) is 5.75 Å². The van der Waals surface area contributed by atoms with Crippen molar-refractivity contribution in [2.45, 2.75) is 45.4 Å². The molecule has 0 aliphatic rings. The number of ketones is 1. The van der Waals surface area contributed by atoms with E-state index in [2.05, 4.69) is 22.9 Å². The number of rotatable bonds is 10. The SMILES string of the molecule is CCCC(CCN)CCC(=O)Cc1cc(OC)ccc1Br. The summed E-state index contributed by atoms with van der Waals surface area (Å²) in [6.07, 6.45) is 5.37. The van der Waals surface area contributed by atoms with Gasteiger partial charge in [0.15, 0.2) is 0 Å². The monoisotopic (exact) mass is 355 g/mol. The second kappa shape index (κ2) is 9.96. The lowest BCUT2D eigenvalue weighted by Gasteiger charge is -2.14. The molecule has 2 N–H and O–H groups in total. The standard InChI is InChI=1S/C17H26BrNO2/c1-3-4-13(9-10-19)5-6-15(20)11-14-12-16(21-2)7-8-17(14)18/h7-8,12-13H,3-6,9-11,19H2,1-2H3. The first-order chi connectivity index (χ1) is 10.1. The molecule has 1 unspecified atom stereocenters. The molecule has 0 aliphatic carbocycles. The van der Waals surface area contributed by atoms with Gasteiger partial charge in [-0.05, 0) is 49.1 Å². The molecule has 0 saturated carbocycles. The van der Waals surface area contributed by atoms with Crippen LogP contribution >= 0.6 is 15.9 Å². The first kappa shape index (κ1) is 18.2. The maximum absolute atomic E-state index is 12.2. The number of hydrogen-bond donors (Lipinski definition) is 1. The van der Waals surface area contributed by atoms with Crippen LogP contribution in [0.1, 0.15) is 44.6 Å². The Balaban J connectivity index is 2.53. The fraction of sp³-hybridized carbons (Fsp3) is 0.588. The van der Waals surface area contributed by atoms with E-state index in [0.29, 0.717) is 25.3 Å². The molecular formula is C17H26BrNO2. The second-order valence-electron chi connectivity index (χ2n) is 5.44. The van der Waals surface area contributed by atoms with Gasteiger partial charge < -0.3 is 10.5 Å². The van der Waals surface area contributed by atoms with Gasteiger partial charge in [-0.15, -0.1) is 0 Å². The average molecular weight is 356 g/mol. The highest BCUT2D eigenvalue weighted by atomic mass is 79.9. The first-order valence-electron chi connectivity index (χ1n) is 7.64. The van der Waals surface area contributed by atoms with E-state index < -0.39 is 0 Å². The number of ether oxygens (including phenoxy) is 1. The predicted molar refractivity (Wildman–Crippen MR) is 90.7 cm³/mol. The molecule has 0 aliphatic heterocycles. The van der Waals surface area contributed by atoms with Crippen LogP contribution < -0.4 is 10.5 Å². The summed E-state index contributed by atoms with van der Waals surface area (Å²) in [4.78, 5) is 12.2. The Bertz CT molecular complexity index is 442. The van der Waals surface area contributed by atoms with Crippen LogP contribution in [0.3, 0.4) is 0 Å². The van der Waals surface area contributed by atoms with Gasteiger partial charge in [-0.2, -0.15) is 0 Å². The summed E-state index contributed by atoms with van der Waals surface area (Å²) < 4.78 is 6.17. The Morgan fingerprint density at radius 3 is 2.71 bits per heavy atom. The molecule has 0 bridgehead atoms. The Morgan fingerprint density at radius 1 is 1.33 bits per heavy atom. The average Bonchev–Trinajstić information content (AvgIpc) is 2.47. The summed E-state index contributed by atoms with van der Waals surface area (Å²) in [5, 5.41) is 0. The molecule has 1 atom stereocenters. The highest BCUT2D eigenvalue weighted by Gasteiger charge is 2.12. The van der Waals surface area contributed by atoms with Gasteiger partial charge in [0.05, 0.1) is 7.11 Å². The van der Waals surface area contributed by atoms with Crippen LogP contribution in [0.25, 0.3) is 0 Å². The third kappa shape index (κ3) is 6.62. The van der Waals surface area contributed by atoms with Crippen LogP contribution in [0, 0.1) is 5.92 Å². The van der Waals surface area contributed by atoms with Gasteiger partial charge in [0.1, 0.15) is 11.5 Å². The predicted octanol–water partition coefficient (Wildman–Crippen LogP) is 4.11. The van der Waals surface area contributed by atoms with E-state index >= 15 is 0 Å². The first-order valence-corrected chi connectivity index (χ1v) is 8.44. The number of nitrogens with two attached hydrogens (primary N) is 1. The van der Waals surface area contributed by atoms with Crippen LogP contribution in [-0.2, 0) is 11.2 Å². The zero-order chi connectivity index (χ0) is 15.7. The lowest BCUT2D eigenvalue weighted by molar-refractivity contribution is -0.118. The lowest BCUT2D eigenvalue weighted by Crippen LogP contribution is -2.12. The summed E-state index contributed by atoms with van der Waals surface area (Å²) >= 11 is 3.49. The van der Waals surface area contributed by atoms with Crippen molar-refractivity contribution in [3.8, 4) is 5.75 Å². The van der Waals surface area contributed by atoms with Crippen molar-refractivity contribution in [1.29, 1.82) is 0 Å². The molecule has 0 aromatic heterocycles. The largest absolute Gasteiger partial charge is 0.497 e. The van der Waals surface area contributed by atoms with Gasteiger partial charge in [0, 0.05) is 17.3 Å². The highest BCUT2D eigenvalue weighted by Crippen LogP contribution is 2.24. The van der Waals surface area contributed by atoms with Crippen molar-refractivity contribution in [3.63, 3.8) is 0 Å². The molecular weight excluding hydrogens is 330 g/mol. The number of hydrogen-bond acceptors (Lipinski definition) is 3. The van der Waals surface area contributed by atoms with Crippen molar-refractivity contribution in [2.24, 2.45) is 11.7 Å². The Morgan fingerprint density at radius 2 is 2.10 bits per heavy atom. The van der Waals surface area contributed by atoms with Gasteiger partial charge >= 0.3 is 0 Å². The molecule has 1 aromatic rings. The molecule has 0 spiro atoms. The van der Waals surface area contributed by atoms with E-state index in [9.17, 15) is 4.79 Å². The fourth-order valence-electron chi connectivity index (χ4n) is 2.56. The zero-order valence-electron chi connectivity index (χ0n) is 13.0. The van der Waals surface area contributed by atoms with E-state index in [1.54, 1.807) is 7.11 Å². The summed E-state index contributed by atoms with van der Waals surface area (Å²) in [5.41, 5.74) is 6.63. The molecule has 1 rings (SSSR count). The van der Waals surface area contributed by atoms with Crippen LogP contribution in [0.15, 0.2) is 22.7 Å². The minimum atomic E-state index is 0.280. The van der Waals surface area contributed by atoms with E-state index in [4.69, 9.17) is 10.5 Å². The van der Waals surface area contributed by atoms with Gasteiger partial charge in [-0.1, -0.05) is 35.7 Å². The number of benzene rings is 1. The molecule has 0 fully saturated rings. The fourth-order valence-corrected chi connectivity index (χ4v) is 2.94. The number of halogens is 1. The van der Waals surface area contributed by atoms with Crippen molar-refractivity contribution >= 4 is 21.7 Å². The van der Waals surface area contributed by atoms with Gasteiger partial charge in [-0.3, -0.25) is 4.79 Å². The summed E-state index contributed by atoms with van der Waals surface area (Å²) in [7, 11) is 1.64. The van der Waals surface area contributed by atoms with E-state index in [-0.39, 0.29) is 5.78 Å². The Kier molecular flexibility index (Phi) is 8.62. The smallest absolute Gasteiger partial charge is 0.137 e. The normalized spacial score (nSPS) is 12.2. The Labute approximate surface area is 136 Å². The number of carbonyl (C=O) groups excluding carboxylic acids is 1. The van der Waals surface area contributed by atoms with Crippen molar-refractivity contribution < 1.29 is 9.53 Å². The Hall–Kier alpha value is -0.870. The molecule has 0 amide bonds. The van der Waals surface area contributed by atoms with Crippen molar-refractivity contribution in [2.75, 3.05) is 13.7 Å². The molecule has 21 heavy (non-hydrogen) atoms. The summed E-state index contributed by atoms with van der Waals surface area (Å²) in [6.45, 7) is 2.89. The van der Waals surface area contributed by atoms with Crippen molar-refractivity contribution in [3.05, 3.63) is 28.2 Å². The number of Topliss-reactive ketones (excluding diaryl/α,β-unsaturated/α-hetero) is 1. The minimum Gasteiger partial charge on any atom is -0.497 e. The molecule has 4 heteroatoms. The molecule has 1 aromatic carbocycles. The minimum absolute atomic E-state index is 0.280. The molecule has 3 nitrogen and oxygen atoms in total. The molecule has 0 saturated heterocycles. The van der Waals surface area contributed by atoms with E-state index in [1.165, 1.54) is 0 Å². The topological polar surface area (TPSA) is 52.3 Å². The van der Waals surface area contributed by atoms with E-state index in [1.807, 2.05) is 18.2 Å². The molecule has 0 heterocycles. The summed E-state index contributed by atoms with van der Waals surface area (Å²) in [6, 6.07) is 5.73. The van der Waals surface area contributed by atoms with Crippen LogP contribution in [0.4, 0.5) is 0 Å². The van der Waals surface area contributed by atoms with Gasteiger partial charge in [0.25, 0.3) is 0 Å². The maximum Gasteiger partial charge on any atom is 0.137 e. The van der Waals surface area contributed by atoms with Crippen LogP contribution in [0.2, 0.25) is 0 Å².